The molecule has 0 saturated heterocycles. The van der Waals surface area contributed by atoms with Gasteiger partial charge in [0, 0.05) is 34.6 Å². The van der Waals surface area contributed by atoms with Crippen LogP contribution < -0.4 is 14.8 Å². The predicted molar refractivity (Wildman–Crippen MR) is 101 cm³/mol. The Morgan fingerprint density at radius 1 is 1.15 bits per heavy atom. The molecule has 3 aromatic rings. The molecule has 27 heavy (non-hydrogen) atoms. The van der Waals surface area contributed by atoms with Gasteiger partial charge >= 0.3 is 0 Å². The van der Waals surface area contributed by atoms with Crippen molar-refractivity contribution in [1.29, 1.82) is 0 Å². The zero-order chi connectivity index (χ0) is 19.0. The number of carbonyl (C=O) groups is 1. The number of H-pyrrole nitrogens is 1. The van der Waals surface area contributed by atoms with E-state index in [1.807, 2.05) is 6.20 Å². The maximum Gasteiger partial charge on any atom is 0.251 e. The van der Waals surface area contributed by atoms with Gasteiger partial charge in [-0.3, -0.25) is 4.79 Å². The van der Waals surface area contributed by atoms with Gasteiger partial charge in [-0.15, -0.1) is 0 Å². The number of methoxy groups -OCH3 is 2. The van der Waals surface area contributed by atoms with E-state index in [4.69, 9.17) is 9.47 Å². The molecular weight excluding hydrogens is 347 g/mol. The van der Waals surface area contributed by atoms with Crippen molar-refractivity contribution in [3.63, 3.8) is 0 Å². The quantitative estimate of drug-likeness (QED) is 0.696. The Balaban J connectivity index is 1.52. The van der Waals surface area contributed by atoms with Crippen molar-refractivity contribution in [2.75, 3.05) is 20.8 Å². The minimum atomic E-state index is -0.262. The molecule has 140 valence electrons. The molecular formula is C21H21FN2O3. The lowest BCUT2D eigenvalue weighted by Crippen LogP contribution is -2.32. The first-order valence-corrected chi connectivity index (χ1v) is 8.84. The average Bonchev–Trinajstić information content (AvgIpc) is 3.36. The molecule has 1 saturated carbocycles. The van der Waals surface area contributed by atoms with Crippen molar-refractivity contribution >= 4 is 16.8 Å². The first kappa shape index (κ1) is 17.4. The summed E-state index contributed by atoms with van der Waals surface area (Å²) in [4.78, 5) is 15.7. The first-order valence-electron chi connectivity index (χ1n) is 8.84. The molecule has 1 aliphatic carbocycles. The molecule has 0 spiro atoms. The molecule has 0 bridgehead atoms. The third-order valence-electron chi connectivity index (χ3n) is 5.30. The Bertz CT molecular complexity index is 1010. The minimum absolute atomic E-state index is 0.0949. The van der Waals surface area contributed by atoms with Crippen LogP contribution in [0.4, 0.5) is 4.39 Å². The Kier molecular flexibility index (Phi) is 4.26. The molecule has 4 rings (SSSR count). The number of amides is 1. The monoisotopic (exact) mass is 368 g/mol. The second-order valence-corrected chi connectivity index (χ2v) is 6.93. The Morgan fingerprint density at radius 2 is 1.93 bits per heavy atom. The second-order valence-electron chi connectivity index (χ2n) is 6.93. The van der Waals surface area contributed by atoms with Gasteiger partial charge < -0.3 is 19.8 Å². The highest BCUT2D eigenvalue weighted by molar-refractivity contribution is 5.95. The topological polar surface area (TPSA) is 63.3 Å². The molecule has 1 aliphatic rings. The lowest BCUT2D eigenvalue weighted by molar-refractivity contribution is 0.0949. The Labute approximate surface area is 156 Å². The predicted octanol–water partition coefficient (Wildman–Crippen LogP) is 3.79. The van der Waals surface area contributed by atoms with E-state index < -0.39 is 0 Å². The Morgan fingerprint density at radius 3 is 2.63 bits per heavy atom. The van der Waals surface area contributed by atoms with E-state index in [1.54, 1.807) is 38.5 Å². The summed E-state index contributed by atoms with van der Waals surface area (Å²) in [6.07, 6.45) is 3.91. The van der Waals surface area contributed by atoms with E-state index in [1.165, 1.54) is 12.1 Å². The van der Waals surface area contributed by atoms with Crippen LogP contribution in [-0.4, -0.2) is 31.7 Å². The highest BCUT2D eigenvalue weighted by atomic mass is 19.1. The number of aromatic amines is 1. The zero-order valence-corrected chi connectivity index (χ0v) is 15.3. The van der Waals surface area contributed by atoms with E-state index in [9.17, 15) is 9.18 Å². The smallest absolute Gasteiger partial charge is 0.251 e. The molecule has 1 heterocycles. The van der Waals surface area contributed by atoms with Gasteiger partial charge in [-0.05, 0) is 54.8 Å². The zero-order valence-electron chi connectivity index (χ0n) is 15.3. The third-order valence-corrected chi connectivity index (χ3v) is 5.30. The molecule has 0 unspecified atom stereocenters. The van der Waals surface area contributed by atoms with Crippen LogP contribution in [0.2, 0.25) is 0 Å². The molecule has 0 aliphatic heterocycles. The van der Waals surface area contributed by atoms with Crippen molar-refractivity contribution in [3.8, 4) is 11.5 Å². The van der Waals surface area contributed by atoms with Gasteiger partial charge in [-0.1, -0.05) is 0 Å². The molecule has 2 N–H and O–H groups in total. The van der Waals surface area contributed by atoms with Crippen LogP contribution in [0.1, 0.15) is 28.8 Å². The number of rotatable bonds is 6. The summed E-state index contributed by atoms with van der Waals surface area (Å²) in [7, 11) is 3.10. The van der Waals surface area contributed by atoms with Crippen LogP contribution in [-0.2, 0) is 5.41 Å². The summed E-state index contributed by atoms with van der Waals surface area (Å²) in [5.74, 6) is 0.680. The molecule has 2 aromatic carbocycles. The van der Waals surface area contributed by atoms with Gasteiger partial charge in [0.2, 0.25) is 0 Å². The van der Waals surface area contributed by atoms with Crippen LogP contribution in [0.5, 0.6) is 11.5 Å². The van der Waals surface area contributed by atoms with Gasteiger partial charge in [0.1, 0.15) is 5.82 Å². The average molecular weight is 368 g/mol. The Hall–Kier alpha value is -3.02. The van der Waals surface area contributed by atoms with Crippen LogP contribution in [0.3, 0.4) is 0 Å². The van der Waals surface area contributed by atoms with Crippen LogP contribution in [0.25, 0.3) is 10.9 Å². The summed E-state index contributed by atoms with van der Waals surface area (Å²) in [5.41, 5.74) is 2.33. The largest absolute Gasteiger partial charge is 0.493 e. The highest BCUT2D eigenvalue weighted by Gasteiger charge is 2.45. The number of aromatic nitrogens is 1. The molecule has 1 aromatic heterocycles. The van der Waals surface area contributed by atoms with Crippen LogP contribution in [0, 0.1) is 5.82 Å². The molecule has 5 nitrogen and oxygen atoms in total. The van der Waals surface area contributed by atoms with E-state index >= 15 is 0 Å². The minimum Gasteiger partial charge on any atom is -0.493 e. The second kappa shape index (κ2) is 6.61. The number of ether oxygens (including phenoxy) is 2. The van der Waals surface area contributed by atoms with E-state index in [0.717, 1.165) is 29.3 Å². The molecule has 1 amide bonds. The SMILES string of the molecule is COc1ccc(C(=O)NCC2(c3c[nH]c4cc(F)ccc34)CC2)cc1OC. The number of hydrogen-bond acceptors (Lipinski definition) is 3. The molecule has 6 heteroatoms. The van der Waals surface area contributed by atoms with Crippen molar-refractivity contribution in [1.82, 2.24) is 10.3 Å². The number of nitrogens with one attached hydrogen (secondary N) is 2. The van der Waals surface area contributed by atoms with Gasteiger partial charge in [0.15, 0.2) is 11.5 Å². The number of benzene rings is 2. The van der Waals surface area contributed by atoms with Crippen molar-refractivity contribution in [2.45, 2.75) is 18.3 Å². The van der Waals surface area contributed by atoms with Gasteiger partial charge in [0.05, 0.1) is 14.2 Å². The van der Waals surface area contributed by atoms with E-state index in [-0.39, 0.29) is 17.1 Å². The maximum atomic E-state index is 13.4. The van der Waals surface area contributed by atoms with Gasteiger partial charge in [-0.25, -0.2) is 4.39 Å². The lowest BCUT2D eigenvalue weighted by atomic mass is 9.95. The maximum absolute atomic E-state index is 13.4. The van der Waals surface area contributed by atoms with E-state index in [2.05, 4.69) is 10.3 Å². The fourth-order valence-corrected chi connectivity index (χ4v) is 3.56. The normalized spacial score (nSPS) is 14.8. The van der Waals surface area contributed by atoms with Gasteiger partial charge in [-0.2, -0.15) is 0 Å². The van der Waals surface area contributed by atoms with Crippen molar-refractivity contribution in [2.24, 2.45) is 0 Å². The summed E-state index contributed by atoms with van der Waals surface area (Å²) >= 11 is 0. The summed E-state index contributed by atoms with van der Waals surface area (Å²) in [6, 6.07) is 9.86. The van der Waals surface area contributed by atoms with Gasteiger partial charge in [0.25, 0.3) is 5.91 Å². The standard InChI is InChI=1S/C21H21FN2O3/c1-26-18-6-3-13(9-19(18)27-2)20(25)24-12-21(7-8-21)16-11-23-17-10-14(22)4-5-15(16)17/h3-6,9-11,23H,7-8,12H2,1-2H3,(H,24,25). The molecule has 0 atom stereocenters. The molecule has 0 radical (unpaired) electrons. The van der Waals surface area contributed by atoms with Crippen molar-refractivity contribution < 1.29 is 18.7 Å². The number of hydrogen-bond donors (Lipinski definition) is 2. The fourth-order valence-electron chi connectivity index (χ4n) is 3.56. The lowest BCUT2D eigenvalue weighted by Gasteiger charge is -2.16. The number of fused-ring (bicyclic) bond motifs is 1. The highest BCUT2D eigenvalue weighted by Crippen LogP contribution is 2.50. The van der Waals surface area contributed by atoms with Crippen LogP contribution >= 0.6 is 0 Å². The molecule has 1 fully saturated rings. The van der Waals surface area contributed by atoms with E-state index in [0.29, 0.717) is 23.6 Å². The van der Waals surface area contributed by atoms with Crippen molar-refractivity contribution in [3.05, 3.63) is 59.5 Å². The number of carbonyl (C=O) groups excluding carboxylic acids is 1. The first-order chi connectivity index (χ1) is 13.1. The fraction of sp³-hybridized carbons (Fsp3) is 0.286. The summed E-state index contributed by atoms with van der Waals surface area (Å²) in [5, 5.41) is 4.04. The van der Waals surface area contributed by atoms with Crippen LogP contribution in [0.15, 0.2) is 42.6 Å². The summed E-state index contributed by atoms with van der Waals surface area (Å²) < 4.78 is 23.9. The third kappa shape index (κ3) is 3.12. The number of halogens is 1. The summed E-state index contributed by atoms with van der Waals surface area (Å²) in [6.45, 7) is 0.532.